The fourth-order valence-electron chi connectivity index (χ4n) is 2.12. The van der Waals surface area contributed by atoms with Gasteiger partial charge in [-0.05, 0) is 51.7 Å². The molecule has 0 aliphatic rings. The number of amides is 1. The molecule has 26 heavy (non-hydrogen) atoms. The van der Waals surface area contributed by atoms with E-state index in [4.69, 9.17) is 5.11 Å². The fraction of sp³-hybridized carbons (Fsp3) is 0.600. The highest BCUT2D eigenvalue weighted by atomic mass is 32.2. The normalized spacial score (nSPS) is 14.4. The van der Waals surface area contributed by atoms with Crippen molar-refractivity contribution in [2.24, 2.45) is 5.92 Å². The Hall–Kier alpha value is -1.87. The molecule has 3 unspecified atom stereocenters. The number of allylic oxidation sites excluding steroid dienone is 4. The standard InChI is InChI=1S/C20H31NO4S/c1-15(2)8-6-9-16(3)10-7-11-17(4)12-13-26(25)14-19(20(23)24)21-18(5)22/h8,10,17,19H,6-7,9,11,14H2,1-5H3,(H,21,22)(H,23,24). The number of carboxylic acid groups (broad SMARTS) is 1. The Bertz CT molecular complexity index is 621. The highest BCUT2D eigenvalue weighted by molar-refractivity contribution is 7.89. The lowest BCUT2D eigenvalue weighted by Crippen LogP contribution is -2.43. The lowest BCUT2D eigenvalue weighted by molar-refractivity contribution is -0.140. The van der Waals surface area contributed by atoms with Crippen molar-refractivity contribution in [1.82, 2.24) is 5.32 Å². The van der Waals surface area contributed by atoms with E-state index in [2.05, 4.69) is 49.4 Å². The zero-order valence-corrected chi connectivity index (χ0v) is 17.2. The zero-order valence-electron chi connectivity index (χ0n) is 16.4. The largest absolute Gasteiger partial charge is 0.480 e. The summed E-state index contributed by atoms with van der Waals surface area (Å²) in [5.74, 6) is 1.10. The van der Waals surface area contributed by atoms with Crippen LogP contribution in [0.3, 0.4) is 0 Å². The van der Waals surface area contributed by atoms with Gasteiger partial charge in [-0.1, -0.05) is 36.1 Å². The van der Waals surface area contributed by atoms with Crippen LogP contribution in [0.25, 0.3) is 0 Å². The summed E-state index contributed by atoms with van der Waals surface area (Å²) in [6.45, 7) is 9.50. The predicted octanol–water partition coefficient (Wildman–Crippen LogP) is 3.39. The predicted molar refractivity (Wildman–Crippen MR) is 107 cm³/mol. The summed E-state index contributed by atoms with van der Waals surface area (Å²) in [5, 5.41) is 13.9. The molecule has 0 aromatic carbocycles. The smallest absolute Gasteiger partial charge is 0.327 e. The maximum atomic E-state index is 11.9. The van der Waals surface area contributed by atoms with E-state index in [1.165, 1.54) is 18.1 Å². The van der Waals surface area contributed by atoms with Gasteiger partial charge in [-0.2, -0.15) is 0 Å². The molecule has 0 rings (SSSR count). The molecule has 1 amide bonds. The van der Waals surface area contributed by atoms with Gasteiger partial charge in [0.05, 0.1) is 5.75 Å². The third-order valence-electron chi connectivity index (χ3n) is 3.60. The maximum absolute atomic E-state index is 11.9. The number of hydrogen-bond donors (Lipinski definition) is 2. The third-order valence-corrected chi connectivity index (χ3v) is 4.58. The highest BCUT2D eigenvalue weighted by Crippen LogP contribution is 2.11. The van der Waals surface area contributed by atoms with Gasteiger partial charge in [-0.25, -0.2) is 9.00 Å². The number of carboxylic acids is 1. The molecular weight excluding hydrogens is 350 g/mol. The Kier molecular flexibility index (Phi) is 12.4. The Morgan fingerprint density at radius 1 is 1.15 bits per heavy atom. The summed E-state index contributed by atoms with van der Waals surface area (Å²) >= 11 is 0. The van der Waals surface area contributed by atoms with Crippen molar-refractivity contribution in [3.63, 3.8) is 0 Å². The van der Waals surface area contributed by atoms with Gasteiger partial charge in [0.15, 0.2) is 0 Å². The van der Waals surface area contributed by atoms with Crippen molar-refractivity contribution >= 4 is 22.7 Å². The van der Waals surface area contributed by atoms with E-state index in [0.29, 0.717) is 0 Å². The Morgan fingerprint density at radius 2 is 1.81 bits per heavy atom. The second kappa shape index (κ2) is 13.3. The summed E-state index contributed by atoms with van der Waals surface area (Å²) in [4.78, 5) is 22.0. The topological polar surface area (TPSA) is 83.5 Å². The lowest BCUT2D eigenvalue weighted by Gasteiger charge is -2.10. The first-order valence-corrected chi connectivity index (χ1v) is 10.1. The molecule has 0 aromatic rings. The molecule has 2 N–H and O–H groups in total. The van der Waals surface area contributed by atoms with Crippen LogP contribution in [-0.2, 0) is 20.4 Å². The highest BCUT2D eigenvalue weighted by Gasteiger charge is 2.20. The molecule has 0 saturated carbocycles. The molecule has 0 radical (unpaired) electrons. The van der Waals surface area contributed by atoms with E-state index in [0.717, 1.165) is 25.7 Å². The van der Waals surface area contributed by atoms with E-state index < -0.39 is 28.7 Å². The number of aliphatic carboxylic acids is 1. The van der Waals surface area contributed by atoms with Gasteiger partial charge in [-0.3, -0.25) is 4.79 Å². The fourth-order valence-corrected chi connectivity index (χ4v) is 3.07. The van der Waals surface area contributed by atoms with E-state index in [1.54, 1.807) is 0 Å². The molecule has 146 valence electrons. The first-order valence-electron chi connectivity index (χ1n) is 8.80. The molecule has 0 aliphatic carbocycles. The van der Waals surface area contributed by atoms with Crippen molar-refractivity contribution < 1.29 is 18.9 Å². The van der Waals surface area contributed by atoms with Gasteiger partial charge in [0.2, 0.25) is 5.91 Å². The van der Waals surface area contributed by atoms with Crippen molar-refractivity contribution in [3.8, 4) is 11.2 Å². The minimum atomic E-state index is -1.61. The van der Waals surface area contributed by atoms with Gasteiger partial charge in [-0.15, -0.1) is 0 Å². The van der Waals surface area contributed by atoms with E-state index in [-0.39, 0.29) is 11.7 Å². The van der Waals surface area contributed by atoms with E-state index in [1.807, 2.05) is 6.92 Å². The van der Waals surface area contributed by atoms with Gasteiger partial charge in [0.1, 0.15) is 16.8 Å². The van der Waals surface area contributed by atoms with Crippen molar-refractivity contribution in [1.29, 1.82) is 0 Å². The average Bonchev–Trinajstić information content (AvgIpc) is 2.51. The summed E-state index contributed by atoms with van der Waals surface area (Å²) < 4.78 is 11.9. The molecule has 3 atom stereocenters. The Labute approximate surface area is 159 Å². The molecule has 0 fully saturated rings. The molecule has 0 saturated heterocycles. The molecular formula is C20H31NO4S. The van der Waals surface area contributed by atoms with Gasteiger partial charge in [0, 0.05) is 12.8 Å². The quantitative estimate of drug-likeness (QED) is 0.449. The molecule has 0 spiro atoms. The van der Waals surface area contributed by atoms with Crippen LogP contribution in [0.4, 0.5) is 0 Å². The average molecular weight is 382 g/mol. The molecule has 0 heterocycles. The number of rotatable bonds is 10. The van der Waals surface area contributed by atoms with E-state index >= 15 is 0 Å². The summed E-state index contributed by atoms with van der Waals surface area (Å²) in [7, 11) is -1.61. The second-order valence-corrected chi connectivity index (χ2v) is 7.93. The minimum absolute atomic E-state index is 0.0739. The minimum Gasteiger partial charge on any atom is -0.480 e. The van der Waals surface area contributed by atoms with Crippen LogP contribution in [-0.4, -0.2) is 33.0 Å². The van der Waals surface area contributed by atoms with Crippen LogP contribution in [0.2, 0.25) is 0 Å². The molecule has 6 heteroatoms. The SMILES string of the molecule is CC(=O)NC(CS(=O)C#CC(C)CCC=C(C)CCC=C(C)C)C(=O)O. The van der Waals surface area contributed by atoms with Crippen LogP contribution in [0, 0.1) is 17.1 Å². The molecule has 5 nitrogen and oxygen atoms in total. The Morgan fingerprint density at radius 3 is 2.35 bits per heavy atom. The third kappa shape index (κ3) is 13.4. The summed E-state index contributed by atoms with van der Waals surface area (Å²) in [6.07, 6.45) is 8.31. The van der Waals surface area contributed by atoms with E-state index in [9.17, 15) is 13.8 Å². The van der Waals surface area contributed by atoms with Crippen molar-refractivity contribution in [3.05, 3.63) is 23.3 Å². The van der Waals surface area contributed by atoms with Crippen LogP contribution in [0.1, 0.15) is 60.3 Å². The van der Waals surface area contributed by atoms with Gasteiger partial charge in [0.25, 0.3) is 0 Å². The monoisotopic (exact) mass is 381 g/mol. The summed E-state index contributed by atoms with van der Waals surface area (Å²) in [6, 6.07) is -1.18. The number of carbonyl (C=O) groups is 2. The molecule has 0 aromatic heterocycles. The van der Waals surface area contributed by atoms with Crippen molar-refractivity contribution in [2.45, 2.75) is 66.3 Å². The van der Waals surface area contributed by atoms with Crippen LogP contribution in [0.15, 0.2) is 23.3 Å². The van der Waals surface area contributed by atoms with Crippen molar-refractivity contribution in [2.75, 3.05) is 5.75 Å². The van der Waals surface area contributed by atoms with Crippen LogP contribution < -0.4 is 5.32 Å². The Balaban J connectivity index is 4.37. The first-order chi connectivity index (χ1) is 12.1. The first kappa shape index (κ1) is 24.1. The van der Waals surface area contributed by atoms with Crippen LogP contribution in [0.5, 0.6) is 0 Å². The maximum Gasteiger partial charge on any atom is 0.327 e. The number of carbonyl (C=O) groups excluding carboxylic acids is 1. The number of hydrogen-bond acceptors (Lipinski definition) is 3. The molecule has 0 aliphatic heterocycles. The lowest BCUT2D eigenvalue weighted by atomic mass is 10.0. The zero-order chi connectivity index (χ0) is 20.1. The second-order valence-electron chi connectivity index (χ2n) is 6.70. The molecule has 0 bridgehead atoms. The summed E-state index contributed by atoms with van der Waals surface area (Å²) in [5.41, 5.74) is 2.68. The number of nitrogens with one attached hydrogen (secondary N) is 1. The van der Waals surface area contributed by atoms with Gasteiger partial charge >= 0.3 is 5.97 Å². The van der Waals surface area contributed by atoms with Crippen LogP contribution >= 0.6 is 0 Å². The van der Waals surface area contributed by atoms with Gasteiger partial charge < -0.3 is 10.4 Å².